The third-order valence-corrected chi connectivity index (χ3v) is 10.9. The molecule has 3 amide bonds. The molecule has 1 aliphatic heterocycles. The minimum atomic E-state index is -0.699. The van der Waals surface area contributed by atoms with Gasteiger partial charge in [0.05, 0.1) is 23.2 Å². The van der Waals surface area contributed by atoms with E-state index in [0.717, 1.165) is 55.6 Å². The third kappa shape index (κ3) is 8.86. The highest BCUT2D eigenvalue weighted by Crippen LogP contribution is 2.38. The molecule has 7 nitrogen and oxygen atoms in total. The van der Waals surface area contributed by atoms with Crippen LogP contribution in [-0.4, -0.2) is 38.1 Å². The zero-order chi connectivity index (χ0) is 40.4. The van der Waals surface area contributed by atoms with Crippen LogP contribution in [0.2, 0.25) is 0 Å². The molecule has 0 saturated heterocycles. The van der Waals surface area contributed by atoms with E-state index in [-0.39, 0.29) is 22.4 Å². The standard InChI is InChI=1S/C49H39BrN4O3S/c1-3-5-26-40(4-2)54-48(57)42(47(56)52-49(54)58-33-44(55)51-45(35-20-12-7-13-21-35)36-22-14-8-15-23-36)31-38-32-43(34-18-10-6-11-19-34)53(41-29-27-39(50)28-30-41)46(38)37-24-16-9-17-25-37/h3-32,45H,1,33H2,2H3,(H,51,55)/b26-5-,40-4+,42-31-. The van der Waals surface area contributed by atoms with Gasteiger partial charge in [-0.05, 0) is 71.7 Å². The van der Waals surface area contributed by atoms with Gasteiger partial charge in [0.2, 0.25) is 5.91 Å². The predicted molar refractivity (Wildman–Crippen MR) is 240 cm³/mol. The second-order valence-corrected chi connectivity index (χ2v) is 15.1. The van der Waals surface area contributed by atoms with Gasteiger partial charge in [-0.1, -0.05) is 174 Å². The molecular formula is C49H39BrN4O3S. The Hall–Kier alpha value is -6.55. The van der Waals surface area contributed by atoms with E-state index in [2.05, 4.69) is 37.4 Å². The minimum Gasteiger partial charge on any atom is -0.344 e. The fourth-order valence-electron chi connectivity index (χ4n) is 6.76. The summed E-state index contributed by atoms with van der Waals surface area (Å²) in [6, 6.07) is 48.9. The van der Waals surface area contributed by atoms with Gasteiger partial charge in [0.15, 0.2) is 5.17 Å². The van der Waals surface area contributed by atoms with E-state index in [4.69, 9.17) is 0 Å². The van der Waals surface area contributed by atoms with Gasteiger partial charge in [-0.2, -0.15) is 4.99 Å². The van der Waals surface area contributed by atoms with Crippen LogP contribution in [-0.2, 0) is 14.4 Å². The van der Waals surface area contributed by atoms with Crippen LogP contribution in [0, 0.1) is 0 Å². The van der Waals surface area contributed by atoms with Crippen LogP contribution in [0.1, 0.15) is 29.7 Å². The molecule has 7 rings (SSSR count). The lowest BCUT2D eigenvalue weighted by Gasteiger charge is -2.28. The molecule has 0 spiro atoms. The summed E-state index contributed by atoms with van der Waals surface area (Å²) in [6.07, 6.45) is 8.43. The monoisotopic (exact) mass is 842 g/mol. The zero-order valence-electron chi connectivity index (χ0n) is 31.7. The van der Waals surface area contributed by atoms with Crippen molar-refractivity contribution in [2.45, 2.75) is 13.0 Å². The lowest BCUT2D eigenvalue weighted by molar-refractivity contribution is -0.126. The topological polar surface area (TPSA) is 83.8 Å². The van der Waals surface area contributed by atoms with E-state index in [1.54, 1.807) is 37.3 Å². The van der Waals surface area contributed by atoms with Crippen molar-refractivity contribution in [1.29, 1.82) is 0 Å². The highest BCUT2D eigenvalue weighted by molar-refractivity contribution is 9.10. The summed E-state index contributed by atoms with van der Waals surface area (Å²) in [5.41, 5.74) is 7.29. The summed E-state index contributed by atoms with van der Waals surface area (Å²) < 4.78 is 3.08. The van der Waals surface area contributed by atoms with E-state index in [9.17, 15) is 14.4 Å². The number of carbonyl (C=O) groups is 3. The minimum absolute atomic E-state index is 0.0953. The molecule has 286 valence electrons. The Bertz CT molecular complexity index is 2520. The molecule has 0 bridgehead atoms. The van der Waals surface area contributed by atoms with E-state index >= 15 is 0 Å². The number of halogens is 1. The molecule has 2 heterocycles. The van der Waals surface area contributed by atoms with E-state index < -0.39 is 17.9 Å². The van der Waals surface area contributed by atoms with Crippen LogP contribution in [0.15, 0.2) is 203 Å². The van der Waals surface area contributed by atoms with Gasteiger partial charge in [0, 0.05) is 21.4 Å². The fourth-order valence-corrected chi connectivity index (χ4v) is 7.83. The highest BCUT2D eigenvalue weighted by atomic mass is 79.9. The third-order valence-electron chi connectivity index (χ3n) is 9.44. The maximum absolute atomic E-state index is 14.8. The van der Waals surface area contributed by atoms with Gasteiger partial charge in [-0.15, -0.1) is 0 Å². The van der Waals surface area contributed by atoms with Gasteiger partial charge in [0.25, 0.3) is 11.8 Å². The zero-order valence-corrected chi connectivity index (χ0v) is 34.1. The summed E-state index contributed by atoms with van der Waals surface area (Å²) in [4.78, 5) is 48.4. The molecule has 1 N–H and O–H groups in total. The summed E-state index contributed by atoms with van der Waals surface area (Å²) in [6.45, 7) is 5.60. The number of rotatable bonds is 12. The first-order valence-electron chi connectivity index (χ1n) is 18.7. The second kappa shape index (κ2) is 18.6. The molecule has 58 heavy (non-hydrogen) atoms. The van der Waals surface area contributed by atoms with Crippen LogP contribution >= 0.6 is 27.7 Å². The number of nitrogens with zero attached hydrogens (tertiary/aromatic N) is 3. The first kappa shape index (κ1) is 39.7. The molecule has 9 heteroatoms. The molecule has 1 aliphatic rings. The lowest BCUT2D eigenvalue weighted by atomic mass is 9.99. The number of aliphatic imine (C=N–C) groups is 1. The second-order valence-electron chi connectivity index (χ2n) is 13.2. The van der Waals surface area contributed by atoms with Gasteiger partial charge < -0.3 is 9.88 Å². The average Bonchev–Trinajstić information content (AvgIpc) is 3.65. The Morgan fingerprint density at radius 1 is 0.810 bits per heavy atom. The van der Waals surface area contributed by atoms with Crippen molar-refractivity contribution < 1.29 is 14.4 Å². The molecular weight excluding hydrogens is 805 g/mol. The number of amidine groups is 1. The number of benzene rings is 5. The summed E-state index contributed by atoms with van der Waals surface area (Å²) in [5.74, 6) is -1.64. The molecule has 5 aromatic carbocycles. The molecule has 1 aromatic heterocycles. The normalized spacial score (nSPS) is 14.0. The quantitative estimate of drug-likeness (QED) is 0.0756. The van der Waals surface area contributed by atoms with Crippen molar-refractivity contribution in [2.75, 3.05) is 5.75 Å². The van der Waals surface area contributed by atoms with Crippen LogP contribution in [0.4, 0.5) is 0 Å². The Morgan fingerprint density at radius 3 is 1.95 bits per heavy atom. The van der Waals surface area contributed by atoms with Crippen molar-refractivity contribution >= 4 is 56.7 Å². The van der Waals surface area contributed by atoms with Crippen molar-refractivity contribution in [3.8, 4) is 28.2 Å². The van der Waals surface area contributed by atoms with Crippen molar-refractivity contribution in [3.05, 3.63) is 215 Å². The Kier molecular flexibility index (Phi) is 12.7. The number of allylic oxidation sites excluding steroid dienone is 4. The van der Waals surface area contributed by atoms with Gasteiger partial charge in [-0.3, -0.25) is 19.3 Å². The predicted octanol–water partition coefficient (Wildman–Crippen LogP) is 11.0. The molecule has 6 aromatic rings. The highest BCUT2D eigenvalue weighted by Gasteiger charge is 2.36. The average molecular weight is 844 g/mol. The van der Waals surface area contributed by atoms with E-state index in [1.165, 1.54) is 4.90 Å². The van der Waals surface area contributed by atoms with Crippen molar-refractivity contribution in [2.24, 2.45) is 4.99 Å². The maximum atomic E-state index is 14.8. The number of hydrogen-bond donors (Lipinski definition) is 1. The largest absolute Gasteiger partial charge is 0.344 e. The Balaban J connectivity index is 1.30. The summed E-state index contributed by atoms with van der Waals surface area (Å²) >= 11 is 4.60. The Labute approximate surface area is 351 Å². The number of aromatic nitrogens is 1. The van der Waals surface area contributed by atoms with Crippen LogP contribution in [0.5, 0.6) is 0 Å². The number of amides is 3. The fraction of sp³-hybridized carbons (Fsp3) is 0.0612. The van der Waals surface area contributed by atoms with Crippen molar-refractivity contribution in [3.63, 3.8) is 0 Å². The van der Waals surface area contributed by atoms with Gasteiger partial charge >= 0.3 is 0 Å². The first-order chi connectivity index (χ1) is 28.4. The molecule has 0 saturated carbocycles. The van der Waals surface area contributed by atoms with E-state index in [1.807, 2.05) is 152 Å². The van der Waals surface area contributed by atoms with Gasteiger partial charge in [0.1, 0.15) is 5.57 Å². The summed E-state index contributed by atoms with van der Waals surface area (Å²) in [7, 11) is 0. The smallest absolute Gasteiger partial charge is 0.285 e. The Morgan fingerprint density at radius 2 is 1.38 bits per heavy atom. The van der Waals surface area contributed by atoms with Crippen LogP contribution in [0.25, 0.3) is 34.3 Å². The van der Waals surface area contributed by atoms with Crippen LogP contribution in [0.3, 0.4) is 0 Å². The molecule has 0 aliphatic carbocycles. The number of nitrogens with one attached hydrogen (secondary N) is 1. The van der Waals surface area contributed by atoms with Crippen molar-refractivity contribution in [1.82, 2.24) is 14.8 Å². The SMILES string of the molecule is C=C/C=C\C(=C/C)N1C(=O)/C(=C\c2cc(-c3ccccc3)n(-c3ccc(Br)cc3)c2-c2ccccc2)C(=O)N=C1SCC(=O)NC(c1ccccc1)c1ccccc1. The molecule has 0 radical (unpaired) electrons. The lowest BCUT2D eigenvalue weighted by Crippen LogP contribution is -2.42. The summed E-state index contributed by atoms with van der Waals surface area (Å²) in [5, 5.41) is 3.24. The number of thioether (sulfide) groups is 1. The maximum Gasteiger partial charge on any atom is 0.285 e. The molecule has 0 fully saturated rings. The van der Waals surface area contributed by atoms with E-state index in [0.29, 0.717) is 11.3 Å². The number of hydrogen-bond acceptors (Lipinski definition) is 4. The molecule has 0 unspecified atom stereocenters. The van der Waals surface area contributed by atoms with Gasteiger partial charge in [-0.25, -0.2) is 0 Å². The number of carbonyl (C=O) groups excluding carboxylic acids is 3. The van der Waals surface area contributed by atoms with Crippen LogP contribution < -0.4 is 5.32 Å². The molecule has 0 atom stereocenters. The first-order valence-corrected chi connectivity index (χ1v) is 20.4.